The summed E-state index contributed by atoms with van der Waals surface area (Å²) < 4.78 is 6.41. The summed E-state index contributed by atoms with van der Waals surface area (Å²) in [5.74, 6) is 0.949. The third kappa shape index (κ3) is 3.39. The van der Waals surface area contributed by atoms with E-state index >= 15 is 0 Å². The van der Waals surface area contributed by atoms with Crippen molar-refractivity contribution in [1.82, 2.24) is 0 Å². The van der Waals surface area contributed by atoms with E-state index in [2.05, 4.69) is 51.0 Å². The predicted octanol–water partition coefficient (Wildman–Crippen LogP) is 3.56. The Morgan fingerprint density at radius 3 is 2.71 bits per heavy atom. The SMILES string of the molecule is CN(C)c1cccc(NCc2ccc(I)o2)c1. The monoisotopic (exact) mass is 342 g/mol. The van der Waals surface area contributed by atoms with E-state index in [1.807, 2.05) is 32.3 Å². The first kappa shape index (κ1) is 12.3. The molecule has 0 amide bonds. The molecule has 0 aliphatic heterocycles. The van der Waals surface area contributed by atoms with Gasteiger partial charge in [0.2, 0.25) is 0 Å². The molecule has 0 aliphatic carbocycles. The van der Waals surface area contributed by atoms with Crippen LogP contribution < -0.4 is 10.2 Å². The Labute approximate surface area is 115 Å². The number of halogens is 1. The summed E-state index contributed by atoms with van der Waals surface area (Å²) in [5, 5.41) is 3.35. The molecule has 0 bridgehead atoms. The molecule has 17 heavy (non-hydrogen) atoms. The standard InChI is InChI=1S/C13H15IN2O/c1-16(2)11-5-3-4-10(8-11)15-9-12-6-7-13(14)17-12/h3-8,15H,9H2,1-2H3. The molecule has 3 nitrogen and oxygen atoms in total. The van der Waals surface area contributed by atoms with Crippen molar-refractivity contribution < 1.29 is 4.42 Å². The molecule has 0 saturated heterocycles. The highest BCUT2D eigenvalue weighted by Crippen LogP contribution is 2.18. The van der Waals surface area contributed by atoms with E-state index in [1.165, 1.54) is 5.69 Å². The molecule has 0 saturated carbocycles. The molecule has 1 aromatic carbocycles. The quantitative estimate of drug-likeness (QED) is 0.862. The summed E-state index contributed by atoms with van der Waals surface area (Å²) in [4.78, 5) is 2.08. The highest BCUT2D eigenvalue weighted by molar-refractivity contribution is 14.1. The maximum atomic E-state index is 5.50. The third-order valence-electron chi connectivity index (χ3n) is 2.46. The second-order valence-electron chi connectivity index (χ2n) is 4.00. The molecule has 0 unspecified atom stereocenters. The highest BCUT2D eigenvalue weighted by atomic mass is 127. The second kappa shape index (κ2) is 5.44. The molecule has 1 heterocycles. The van der Waals surface area contributed by atoms with Gasteiger partial charge >= 0.3 is 0 Å². The number of hydrogen-bond donors (Lipinski definition) is 1. The Balaban J connectivity index is 2.01. The van der Waals surface area contributed by atoms with Gasteiger partial charge in [-0.05, 0) is 52.9 Å². The summed E-state index contributed by atoms with van der Waals surface area (Å²) in [6.45, 7) is 0.708. The highest BCUT2D eigenvalue weighted by Gasteiger charge is 2.00. The summed E-state index contributed by atoms with van der Waals surface area (Å²) >= 11 is 2.17. The molecule has 0 fully saturated rings. The van der Waals surface area contributed by atoms with Crippen molar-refractivity contribution in [3.8, 4) is 0 Å². The number of benzene rings is 1. The first-order valence-electron chi connectivity index (χ1n) is 5.40. The summed E-state index contributed by atoms with van der Waals surface area (Å²) in [6, 6.07) is 12.3. The van der Waals surface area contributed by atoms with Gasteiger partial charge in [0.15, 0.2) is 3.77 Å². The maximum Gasteiger partial charge on any atom is 0.164 e. The number of anilines is 2. The van der Waals surface area contributed by atoms with Crippen LogP contribution in [0.5, 0.6) is 0 Å². The van der Waals surface area contributed by atoms with Gasteiger partial charge in [-0.3, -0.25) is 0 Å². The molecule has 2 aromatic rings. The summed E-state index contributed by atoms with van der Waals surface area (Å²) in [6.07, 6.45) is 0. The molecule has 2 rings (SSSR count). The lowest BCUT2D eigenvalue weighted by Crippen LogP contribution is -2.09. The zero-order chi connectivity index (χ0) is 12.3. The molecule has 0 atom stereocenters. The lowest BCUT2D eigenvalue weighted by molar-refractivity contribution is 0.493. The van der Waals surface area contributed by atoms with Crippen LogP contribution in [0.4, 0.5) is 11.4 Å². The van der Waals surface area contributed by atoms with Gasteiger partial charge in [-0.25, -0.2) is 0 Å². The zero-order valence-electron chi connectivity index (χ0n) is 9.90. The number of hydrogen-bond acceptors (Lipinski definition) is 3. The Hall–Kier alpha value is -1.17. The molecular weight excluding hydrogens is 327 g/mol. The van der Waals surface area contributed by atoms with Crippen LogP contribution in [0, 0.1) is 3.77 Å². The van der Waals surface area contributed by atoms with E-state index < -0.39 is 0 Å². The molecule has 4 heteroatoms. The largest absolute Gasteiger partial charge is 0.454 e. The average molecular weight is 342 g/mol. The first-order chi connectivity index (χ1) is 8.15. The van der Waals surface area contributed by atoms with Crippen molar-refractivity contribution in [2.24, 2.45) is 0 Å². The Kier molecular flexibility index (Phi) is 3.93. The molecular formula is C13H15IN2O. The minimum atomic E-state index is 0.708. The molecule has 90 valence electrons. The Morgan fingerprint density at radius 1 is 1.24 bits per heavy atom. The van der Waals surface area contributed by atoms with Gasteiger partial charge in [-0.2, -0.15) is 0 Å². The van der Waals surface area contributed by atoms with Gasteiger partial charge in [0, 0.05) is 25.5 Å². The maximum absolute atomic E-state index is 5.50. The molecule has 0 spiro atoms. The molecule has 1 N–H and O–H groups in total. The third-order valence-corrected chi connectivity index (χ3v) is 3.04. The zero-order valence-corrected chi connectivity index (χ0v) is 12.1. The van der Waals surface area contributed by atoms with Gasteiger partial charge < -0.3 is 14.6 Å². The van der Waals surface area contributed by atoms with E-state index in [0.717, 1.165) is 15.2 Å². The number of furan rings is 1. The Bertz CT molecular complexity index is 494. The van der Waals surface area contributed by atoms with E-state index in [1.54, 1.807) is 0 Å². The number of rotatable bonds is 4. The van der Waals surface area contributed by atoms with E-state index in [4.69, 9.17) is 4.42 Å². The van der Waals surface area contributed by atoms with Crippen LogP contribution in [0.2, 0.25) is 0 Å². The fourth-order valence-electron chi connectivity index (χ4n) is 1.53. The van der Waals surface area contributed by atoms with Crippen LogP contribution in [0.3, 0.4) is 0 Å². The van der Waals surface area contributed by atoms with Crippen LogP contribution in [0.25, 0.3) is 0 Å². The van der Waals surface area contributed by atoms with Gasteiger partial charge in [-0.1, -0.05) is 6.07 Å². The van der Waals surface area contributed by atoms with Gasteiger partial charge in [0.1, 0.15) is 5.76 Å². The van der Waals surface area contributed by atoms with Crippen LogP contribution in [0.15, 0.2) is 40.8 Å². The number of nitrogens with zero attached hydrogens (tertiary/aromatic N) is 1. The van der Waals surface area contributed by atoms with Crippen molar-refractivity contribution >= 4 is 34.0 Å². The minimum absolute atomic E-state index is 0.708. The van der Waals surface area contributed by atoms with Crippen molar-refractivity contribution in [3.05, 3.63) is 45.9 Å². The minimum Gasteiger partial charge on any atom is -0.454 e. The van der Waals surface area contributed by atoms with Crippen molar-refractivity contribution in [2.75, 3.05) is 24.3 Å². The molecule has 0 aliphatic rings. The summed E-state index contributed by atoms with van der Waals surface area (Å²) in [7, 11) is 4.07. The van der Waals surface area contributed by atoms with Crippen molar-refractivity contribution in [2.45, 2.75) is 6.54 Å². The lowest BCUT2D eigenvalue weighted by atomic mass is 10.2. The molecule has 0 radical (unpaired) electrons. The smallest absolute Gasteiger partial charge is 0.164 e. The van der Waals surface area contributed by atoms with Gasteiger partial charge in [0.05, 0.1) is 6.54 Å². The van der Waals surface area contributed by atoms with E-state index in [9.17, 15) is 0 Å². The normalized spacial score (nSPS) is 10.3. The average Bonchev–Trinajstić information content (AvgIpc) is 2.73. The fraction of sp³-hybridized carbons (Fsp3) is 0.231. The molecule has 1 aromatic heterocycles. The predicted molar refractivity (Wildman–Crippen MR) is 79.5 cm³/mol. The van der Waals surface area contributed by atoms with Crippen LogP contribution in [0.1, 0.15) is 5.76 Å². The van der Waals surface area contributed by atoms with Crippen molar-refractivity contribution in [1.29, 1.82) is 0 Å². The second-order valence-corrected chi connectivity index (χ2v) is 5.07. The van der Waals surface area contributed by atoms with Crippen LogP contribution >= 0.6 is 22.6 Å². The van der Waals surface area contributed by atoms with Gasteiger partial charge in [-0.15, -0.1) is 0 Å². The first-order valence-corrected chi connectivity index (χ1v) is 6.48. The summed E-state index contributed by atoms with van der Waals surface area (Å²) in [5.41, 5.74) is 2.28. The van der Waals surface area contributed by atoms with E-state index in [0.29, 0.717) is 6.54 Å². The van der Waals surface area contributed by atoms with Gasteiger partial charge in [0.25, 0.3) is 0 Å². The lowest BCUT2D eigenvalue weighted by Gasteiger charge is -2.14. The van der Waals surface area contributed by atoms with Crippen LogP contribution in [-0.4, -0.2) is 14.1 Å². The van der Waals surface area contributed by atoms with Crippen LogP contribution in [-0.2, 0) is 6.54 Å². The Morgan fingerprint density at radius 2 is 2.06 bits per heavy atom. The fourth-order valence-corrected chi connectivity index (χ4v) is 1.99. The number of nitrogens with one attached hydrogen (secondary N) is 1. The van der Waals surface area contributed by atoms with Crippen molar-refractivity contribution in [3.63, 3.8) is 0 Å². The van der Waals surface area contributed by atoms with E-state index in [-0.39, 0.29) is 0 Å². The topological polar surface area (TPSA) is 28.4 Å².